The van der Waals surface area contributed by atoms with Crippen LogP contribution in [0, 0.1) is 0 Å². The molecule has 1 rings (SSSR count). The highest BCUT2D eigenvalue weighted by molar-refractivity contribution is 5.58. The van der Waals surface area contributed by atoms with Gasteiger partial charge in [-0.1, -0.05) is 51.9 Å². The largest absolute Gasteiger partial charge is 0.302 e. The summed E-state index contributed by atoms with van der Waals surface area (Å²) in [5, 5.41) is 0. The molecular formula is C15H29NO. The van der Waals surface area contributed by atoms with Gasteiger partial charge >= 0.3 is 0 Å². The van der Waals surface area contributed by atoms with Crippen molar-refractivity contribution in [1.29, 1.82) is 0 Å². The van der Waals surface area contributed by atoms with Crippen LogP contribution in [0.5, 0.6) is 0 Å². The van der Waals surface area contributed by atoms with Gasteiger partial charge in [-0.25, -0.2) is 0 Å². The summed E-state index contributed by atoms with van der Waals surface area (Å²) >= 11 is 0. The molecule has 1 saturated heterocycles. The minimum Gasteiger partial charge on any atom is -0.302 e. The molecule has 0 radical (unpaired) electrons. The number of unbranched alkanes of at least 4 members (excludes halogenated alkanes) is 7. The smallest absolute Gasteiger partial charge is 0.137 e. The number of hydrogen-bond donors (Lipinski definition) is 0. The number of nitrogens with zero attached hydrogens (tertiary/aromatic N) is 1. The van der Waals surface area contributed by atoms with Gasteiger partial charge in [0.1, 0.15) is 6.29 Å². The second kappa shape index (κ2) is 9.64. The quantitative estimate of drug-likeness (QED) is 0.427. The molecule has 1 aliphatic heterocycles. The molecule has 1 atom stereocenters. The predicted molar refractivity (Wildman–Crippen MR) is 73.3 cm³/mol. The summed E-state index contributed by atoms with van der Waals surface area (Å²) < 4.78 is 0. The standard InChI is InChI=1S/C15H29NO/c1-2-3-4-5-6-7-8-9-12-16-13-10-11-15(16)14-17/h14-15H,2-13H2,1H3/t15-/m0/s1. The molecule has 100 valence electrons. The van der Waals surface area contributed by atoms with E-state index in [4.69, 9.17) is 0 Å². The molecular weight excluding hydrogens is 210 g/mol. The molecule has 0 aromatic heterocycles. The third kappa shape index (κ3) is 6.21. The van der Waals surface area contributed by atoms with Crippen molar-refractivity contribution in [2.45, 2.75) is 77.2 Å². The van der Waals surface area contributed by atoms with Crippen LogP contribution < -0.4 is 0 Å². The minimum absolute atomic E-state index is 0.236. The van der Waals surface area contributed by atoms with Gasteiger partial charge in [0.15, 0.2) is 0 Å². The van der Waals surface area contributed by atoms with Crippen LogP contribution in [0.4, 0.5) is 0 Å². The molecule has 1 fully saturated rings. The molecule has 0 aromatic rings. The second-order valence-electron chi connectivity index (χ2n) is 5.36. The van der Waals surface area contributed by atoms with Crippen LogP contribution in [0.1, 0.15) is 71.1 Å². The molecule has 0 aromatic carbocycles. The summed E-state index contributed by atoms with van der Waals surface area (Å²) in [6.45, 7) is 4.54. The zero-order chi connectivity index (χ0) is 12.3. The van der Waals surface area contributed by atoms with Gasteiger partial charge in [0.2, 0.25) is 0 Å². The van der Waals surface area contributed by atoms with E-state index in [9.17, 15) is 4.79 Å². The molecule has 1 heterocycles. The summed E-state index contributed by atoms with van der Waals surface area (Å²) in [5.74, 6) is 0. The van der Waals surface area contributed by atoms with Crippen molar-refractivity contribution in [1.82, 2.24) is 4.90 Å². The van der Waals surface area contributed by atoms with E-state index < -0.39 is 0 Å². The summed E-state index contributed by atoms with van der Waals surface area (Å²) in [7, 11) is 0. The molecule has 0 spiro atoms. The summed E-state index contributed by atoms with van der Waals surface area (Å²) in [6, 6.07) is 0.236. The fourth-order valence-corrected chi connectivity index (χ4v) is 2.73. The summed E-state index contributed by atoms with van der Waals surface area (Å²) in [5.41, 5.74) is 0. The van der Waals surface area contributed by atoms with E-state index in [1.165, 1.54) is 57.8 Å². The van der Waals surface area contributed by atoms with E-state index in [1.54, 1.807) is 0 Å². The van der Waals surface area contributed by atoms with Gasteiger partial charge in [-0.15, -0.1) is 0 Å². The van der Waals surface area contributed by atoms with Crippen molar-refractivity contribution < 1.29 is 4.79 Å². The lowest BCUT2D eigenvalue weighted by atomic mass is 10.1. The first kappa shape index (κ1) is 14.7. The maximum Gasteiger partial charge on any atom is 0.137 e. The minimum atomic E-state index is 0.236. The number of carbonyl (C=O) groups is 1. The summed E-state index contributed by atoms with van der Waals surface area (Å²) in [4.78, 5) is 13.2. The number of rotatable bonds is 10. The highest BCUT2D eigenvalue weighted by Gasteiger charge is 2.22. The topological polar surface area (TPSA) is 20.3 Å². The van der Waals surface area contributed by atoms with E-state index in [2.05, 4.69) is 11.8 Å². The normalized spacial score (nSPS) is 20.9. The van der Waals surface area contributed by atoms with Crippen LogP contribution in [-0.2, 0) is 4.79 Å². The highest BCUT2D eigenvalue weighted by atomic mass is 16.1. The fraction of sp³-hybridized carbons (Fsp3) is 0.933. The Morgan fingerprint density at radius 1 is 1.06 bits per heavy atom. The van der Waals surface area contributed by atoms with Crippen LogP contribution in [0.3, 0.4) is 0 Å². The monoisotopic (exact) mass is 239 g/mol. The van der Waals surface area contributed by atoms with E-state index in [0.717, 1.165) is 25.8 Å². The van der Waals surface area contributed by atoms with Crippen LogP contribution >= 0.6 is 0 Å². The van der Waals surface area contributed by atoms with Crippen LogP contribution in [0.25, 0.3) is 0 Å². The van der Waals surface area contributed by atoms with Crippen molar-refractivity contribution in [3.63, 3.8) is 0 Å². The Hall–Kier alpha value is -0.370. The van der Waals surface area contributed by atoms with Gasteiger partial charge in [0.25, 0.3) is 0 Å². The van der Waals surface area contributed by atoms with Crippen molar-refractivity contribution in [2.24, 2.45) is 0 Å². The second-order valence-corrected chi connectivity index (χ2v) is 5.36. The average Bonchev–Trinajstić information content (AvgIpc) is 2.80. The first-order valence-electron chi connectivity index (χ1n) is 7.58. The average molecular weight is 239 g/mol. The zero-order valence-electron chi connectivity index (χ0n) is 11.5. The Morgan fingerprint density at radius 3 is 2.35 bits per heavy atom. The zero-order valence-corrected chi connectivity index (χ0v) is 11.5. The van der Waals surface area contributed by atoms with Crippen LogP contribution in [0.2, 0.25) is 0 Å². The molecule has 0 N–H and O–H groups in total. The molecule has 0 bridgehead atoms. The molecule has 0 saturated carbocycles. The molecule has 0 amide bonds. The van der Waals surface area contributed by atoms with E-state index in [1.807, 2.05) is 0 Å². The van der Waals surface area contributed by atoms with Gasteiger partial charge in [-0.2, -0.15) is 0 Å². The first-order chi connectivity index (χ1) is 8.38. The Morgan fingerprint density at radius 2 is 1.71 bits per heavy atom. The maximum atomic E-state index is 10.8. The highest BCUT2D eigenvalue weighted by Crippen LogP contribution is 2.16. The van der Waals surface area contributed by atoms with Gasteiger partial charge in [0.05, 0.1) is 6.04 Å². The lowest BCUT2D eigenvalue weighted by Crippen LogP contribution is -2.31. The van der Waals surface area contributed by atoms with Crippen LogP contribution in [-0.4, -0.2) is 30.3 Å². The Labute approximate surface area is 107 Å². The van der Waals surface area contributed by atoms with Gasteiger partial charge in [-0.3, -0.25) is 4.90 Å². The summed E-state index contributed by atoms with van der Waals surface area (Å²) in [6.07, 6.45) is 14.4. The maximum absolute atomic E-state index is 10.8. The van der Waals surface area contributed by atoms with E-state index in [-0.39, 0.29) is 6.04 Å². The Kier molecular flexibility index (Phi) is 8.33. The number of likely N-dealkylation sites (tertiary alicyclic amines) is 1. The SMILES string of the molecule is CCCCCCCCCCN1CCC[C@H]1C=O. The number of hydrogen-bond acceptors (Lipinski definition) is 2. The lowest BCUT2D eigenvalue weighted by Gasteiger charge is -2.19. The Bertz CT molecular complexity index is 193. The van der Waals surface area contributed by atoms with Crippen LogP contribution in [0.15, 0.2) is 0 Å². The van der Waals surface area contributed by atoms with Crippen molar-refractivity contribution in [3.05, 3.63) is 0 Å². The Balaban J connectivity index is 1.88. The van der Waals surface area contributed by atoms with Crippen molar-refractivity contribution in [2.75, 3.05) is 13.1 Å². The first-order valence-corrected chi connectivity index (χ1v) is 7.58. The van der Waals surface area contributed by atoms with E-state index >= 15 is 0 Å². The molecule has 0 unspecified atom stereocenters. The van der Waals surface area contributed by atoms with Gasteiger partial charge < -0.3 is 4.79 Å². The van der Waals surface area contributed by atoms with Gasteiger partial charge in [-0.05, 0) is 32.4 Å². The molecule has 0 aliphatic carbocycles. The van der Waals surface area contributed by atoms with Crippen molar-refractivity contribution >= 4 is 6.29 Å². The predicted octanol–water partition coefficient (Wildman–Crippen LogP) is 3.79. The van der Waals surface area contributed by atoms with Crippen molar-refractivity contribution in [3.8, 4) is 0 Å². The molecule has 2 nitrogen and oxygen atoms in total. The molecule has 17 heavy (non-hydrogen) atoms. The molecule has 1 aliphatic rings. The fourth-order valence-electron chi connectivity index (χ4n) is 2.73. The molecule has 2 heteroatoms. The number of aldehydes is 1. The number of carbonyl (C=O) groups excluding carboxylic acids is 1. The lowest BCUT2D eigenvalue weighted by molar-refractivity contribution is -0.111. The van der Waals surface area contributed by atoms with Gasteiger partial charge in [0, 0.05) is 0 Å². The third-order valence-corrected chi connectivity index (χ3v) is 3.87. The third-order valence-electron chi connectivity index (χ3n) is 3.87. The van der Waals surface area contributed by atoms with E-state index in [0.29, 0.717) is 0 Å².